The van der Waals surface area contributed by atoms with Crippen molar-refractivity contribution in [2.75, 3.05) is 23.8 Å². The van der Waals surface area contributed by atoms with Gasteiger partial charge in [0, 0.05) is 17.8 Å². The molecule has 0 saturated carbocycles. The smallest absolute Gasteiger partial charge is 0.230 e. The van der Waals surface area contributed by atoms with Gasteiger partial charge in [-0.2, -0.15) is 0 Å². The summed E-state index contributed by atoms with van der Waals surface area (Å²) in [6.07, 6.45) is 2.68. The van der Waals surface area contributed by atoms with Gasteiger partial charge in [-0.25, -0.2) is 8.42 Å². The van der Waals surface area contributed by atoms with Gasteiger partial charge in [-0.1, -0.05) is 23.9 Å². The molecular weight excluding hydrogens is 502 g/mol. The topological polar surface area (TPSA) is 128 Å². The summed E-state index contributed by atoms with van der Waals surface area (Å²) < 4.78 is 37.9. The maximum absolute atomic E-state index is 12.5. The van der Waals surface area contributed by atoms with Crippen molar-refractivity contribution >= 4 is 33.4 Å². The molecule has 10 nitrogen and oxygen atoms in total. The van der Waals surface area contributed by atoms with E-state index < -0.39 is 10.0 Å². The number of benzene rings is 2. The fourth-order valence-corrected chi connectivity index (χ4v) is 4.67. The fourth-order valence-electron chi connectivity index (χ4n) is 3.34. The van der Waals surface area contributed by atoms with Crippen LogP contribution < -0.4 is 14.8 Å². The second-order valence-electron chi connectivity index (χ2n) is 7.84. The Morgan fingerprint density at radius 2 is 1.83 bits per heavy atom. The van der Waals surface area contributed by atoms with Gasteiger partial charge >= 0.3 is 0 Å². The van der Waals surface area contributed by atoms with Crippen LogP contribution in [0.3, 0.4) is 0 Å². The summed E-state index contributed by atoms with van der Waals surface area (Å²) in [5.41, 5.74) is 2.15. The van der Waals surface area contributed by atoms with Crippen molar-refractivity contribution in [1.82, 2.24) is 20.1 Å². The van der Waals surface area contributed by atoms with Crippen LogP contribution in [0.1, 0.15) is 11.3 Å². The summed E-state index contributed by atoms with van der Waals surface area (Å²) in [7, 11) is -1.77. The van der Waals surface area contributed by atoms with Gasteiger partial charge in [-0.3, -0.25) is 14.1 Å². The summed E-state index contributed by atoms with van der Waals surface area (Å²) in [5, 5.41) is 12.1. The molecule has 0 atom stereocenters. The number of rotatable bonds is 11. The summed E-state index contributed by atoms with van der Waals surface area (Å²) in [6.45, 7) is 0.774. The van der Waals surface area contributed by atoms with E-state index in [1.807, 2.05) is 34.9 Å². The highest BCUT2D eigenvalue weighted by Gasteiger charge is 2.17. The minimum atomic E-state index is -3.38. The lowest BCUT2D eigenvalue weighted by Gasteiger charge is -2.10. The number of sulfonamides is 1. The first kappa shape index (κ1) is 25.3. The largest absolute Gasteiger partial charge is 0.497 e. The first-order chi connectivity index (χ1) is 17.3. The number of hydrogen-bond donors (Lipinski definition) is 2. The van der Waals surface area contributed by atoms with E-state index in [-0.39, 0.29) is 11.7 Å². The summed E-state index contributed by atoms with van der Waals surface area (Å²) in [5.74, 6) is 2.05. The molecule has 0 spiro atoms. The van der Waals surface area contributed by atoms with Gasteiger partial charge in [-0.15, -0.1) is 10.2 Å². The zero-order valence-electron chi connectivity index (χ0n) is 19.7. The van der Waals surface area contributed by atoms with Crippen LogP contribution in [-0.2, 0) is 27.9 Å². The zero-order valence-corrected chi connectivity index (χ0v) is 21.3. The van der Waals surface area contributed by atoms with Crippen LogP contribution in [0.15, 0.2) is 76.5 Å². The molecule has 0 aliphatic heterocycles. The van der Waals surface area contributed by atoms with Crippen LogP contribution in [0, 0.1) is 0 Å². The molecular formula is C24H25N5O5S2. The molecule has 2 aromatic carbocycles. The zero-order chi connectivity index (χ0) is 25.5. The standard InChI is InChI=1S/C24H25N5O5S2/c1-33-20-11-5-17(6-12-20)14-25-22(30)16-35-24-27-26-23(29(24)15-21-4-3-13-34-21)18-7-9-19(10-8-18)28-36(2,31)32/h3-13,28H,14-16H2,1-2H3,(H,25,30). The first-order valence-electron chi connectivity index (χ1n) is 10.9. The van der Waals surface area contributed by atoms with E-state index >= 15 is 0 Å². The highest BCUT2D eigenvalue weighted by atomic mass is 32.2. The number of carbonyl (C=O) groups is 1. The molecule has 4 aromatic rings. The Morgan fingerprint density at radius 1 is 1.08 bits per heavy atom. The van der Waals surface area contributed by atoms with Crippen LogP contribution in [0.4, 0.5) is 5.69 Å². The first-order valence-corrected chi connectivity index (χ1v) is 13.7. The molecule has 4 rings (SSSR count). The minimum absolute atomic E-state index is 0.138. The third-order valence-corrected chi connectivity index (χ3v) is 6.61. The fraction of sp³-hybridized carbons (Fsp3) is 0.208. The summed E-state index contributed by atoms with van der Waals surface area (Å²) in [6, 6.07) is 18.0. The van der Waals surface area contributed by atoms with E-state index in [4.69, 9.17) is 9.15 Å². The number of furan rings is 1. The van der Waals surface area contributed by atoms with Gasteiger partial charge < -0.3 is 14.5 Å². The van der Waals surface area contributed by atoms with Gasteiger partial charge in [0.15, 0.2) is 11.0 Å². The van der Waals surface area contributed by atoms with Gasteiger partial charge in [0.25, 0.3) is 0 Å². The molecule has 2 N–H and O–H groups in total. The van der Waals surface area contributed by atoms with Crippen molar-refractivity contribution in [3.05, 3.63) is 78.3 Å². The van der Waals surface area contributed by atoms with Crippen LogP contribution in [0.25, 0.3) is 11.4 Å². The predicted molar refractivity (Wildman–Crippen MR) is 137 cm³/mol. The van der Waals surface area contributed by atoms with E-state index in [2.05, 4.69) is 20.2 Å². The van der Waals surface area contributed by atoms with Gasteiger partial charge in [0.05, 0.1) is 31.9 Å². The number of amides is 1. The maximum Gasteiger partial charge on any atom is 0.230 e. The molecule has 0 aliphatic carbocycles. The van der Waals surface area contributed by atoms with Gasteiger partial charge in [0.2, 0.25) is 15.9 Å². The molecule has 36 heavy (non-hydrogen) atoms. The van der Waals surface area contributed by atoms with E-state index in [0.29, 0.717) is 35.5 Å². The van der Waals surface area contributed by atoms with Crippen LogP contribution in [0.2, 0.25) is 0 Å². The van der Waals surface area contributed by atoms with E-state index in [9.17, 15) is 13.2 Å². The highest BCUT2D eigenvalue weighted by molar-refractivity contribution is 7.99. The Hall–Kier alpha value is -3.77. The van der Waals surface area contributed by atoms with Crippen LogP contribution in [0.5, 0.6) is 5.75 Å². The van der Waals surface area contributed by atoms with Crippen molar-refractivity contribution < 1.29 is 22.4 Å². The van der Waals surface area contributed by atoms with E-state index in [1.54, 1.807) is 43.7 Å². The SMILES string of the molecule is COc1ccc(CNC(=O)CSc2nnc(-c3ccc(NS(C)(=O)=O)cc3)n2Cc2ccco2)cc1. The Labute approximate surface area is 213 Å². The van der Waals surface area contributed by atoms with Crippen molar-refractivity contribution in [1.29, 1.82) is 0 Å². The van der Waals surface area contributed by atoms with Crippen molar-refractivity contribution in [2.45, 2.75) is 18.2 Å². The molecule has 0 radical (unpaired) electrons. The Balaban J connectivity index is 1.46. The average molecular weight is 528 g/mol. The molecule has 2 heterocycles. The maximum atomic E-state index is 12.5. The highest BCUT2D eigenvalue weighted by Crippen LogP contribution is 2.26. The lowest BCUT2D eigenvalue weighted by molar-refractivity contribution is -0.118. The lowest BCUT2D eigenvalue weighted by Crippen LogP contribution is -2.24. The number of methoxy groups -OCH3 is 1. The third kappa shape index (κ3) is 6.89. The Morgan fingerprint density at radius 3 is 2.47 bits per heavy atom. The minimum Gasteiger partial charge on any atom is -0.497 e. The second-order valence-corrected chi connectivity index (χ2v) is 10.5. The number of anilines is 1. The van der Waals surface area contributed by atoms with E-state index in [1.165, 1.54) is 11.8 Å². The average Bonchev–Trinajstić information content (AvgIpc) is 3.52. The quantitative estimate of drug-likeness (QED) is 0.284. The van der Waals surface area contributed by atoms with Gasteiger partial charge in [-0.05, 0) is 54.1 Å². The molecule has 12 heteroatoms. The number of carbonyl (C=O) groups excluding carboxylic acids is 1. The van der Waals surface area contributed by atoms with Crippen molar-refractivity contribution in [2.24, 2.45) is 0 Å². The Bertz CT molecular complexity index is 1400. The number of thioether (sulfide) groups is 1. The molecule has 0 saturated heterocycles. The molecule has 0 aliphatic rings. The summed E-state index contributed by atoms with van der Waals surface area (Å²) >= 11 is 1.27. The van der Waals surface area contributed by atoms with Gasteiger partial charge in [0.1, 0.15) is 11.5 Å². The molecule has 0 fully saturated rings. The predicted octanol–water partition coefficient (Wildman–Crippen LogP) is 3.38. The van der Waals surface area contributed by atoms with Crippen LogP contribution in [-0.4, -0.2) is 48.2 Å². The second kappa shape index (κ2) is 11.3. The normalized spacial score (nSPS) is 11.3. The number of nitrogens with zero attached hydrogens (tertiary/aromatic N) is 3. The third-order valence-electron chi connectivity index (χ3n) is 5.04. The number of ether oxygens (including phenoxy) is 1. The molecule has 2 aromatic heterocycles. The van der Waals surface area contributed by atoms with Crippen molar-refractivity contribution in [3.8, 4) is 17.1 Å². The molecule has 0 unspecified atom stereocenters. The monoisotopic (exact) mass is 527 g/mol. The number of nitrogens with one attached hydrogen (secondary N) is 2. The van der Waals surface area contributed by atoms with Crippen LogP contribution >= 0.6 is 11.8 Å². The Kier molecular flexibility index (Phi) is 7.96. The molecule has 1 amide bonds. The molecule has 188 valence electrons. The van der Waals surface area contributed by atoms with E-state index in [0.717, 1.165) is 23.1 Å². The lowest BCUT2D eigenvalue weighted by atomic mass is 10.2. The number of hydrogen-bond acceptors (Lipinski definition) is 8. The van der Waals surface area contributed by atoms with Crippen molar-refractivity contribution in [3.63, 3.8) is 0 Å². The summed E-state index contributed by atoms with van der Waals surface area (Å²) in [4.78, 5) is 12.5. The number of aromatic nitrogens is 3. The molecule has 0 bridgehead atoms.